The van der Waals surface area contributed by atoms with E-state index in [1.807, 2.05) is 39.6 Å². The van der Waals surface area contributed by atoms with Crippen LogP contribution in [0.3, 0.4) is 0 Å². The maximum absolute atomic E-state index is 12.0. The predicted octanol–water partition coefficient (Wildman–Crippen LogP) is 2.64. The lowest BCUT2D eigenvalue weighted by Crippen LogP contribution is -2.33. The highest BCUT2D eigenvalue weighted by molar-refractivity contribution is 5.93. The highest BCUT2D eigenvalue weighted by Crippen LogP contribution is 2.21. The molecule has 0 unspecified atom stereocenters. The summed E-state index contributed by atoms with van der Waals surface area (Å²) < 4.78 is 0. The lowest BCUT2D eigenvalue weighted by Gasteiger charge is -2.18. The van der Waals surface area contributed by atoms with Crippen LogP contribution in [-0.4, -0.2) is 30.9 Å². The average molecular weight is 273 g/mol. The lowest BCUT2D eigenvalue weighted by molar-refractivity contribution is -0.117. The van der Waals surface area contributed by atoms with E-state index in [2.05, 4.69) is 23.5 Å². The molecule has 0 aliphatic rings. The van der Waals surface area contributed by atoms with Crippen LogP contribution < -0.4 is 5.32 Å². The van der Waals surface area contributed by atoms with Crippen molar-refractivity contribution in [2.45, 2.75) is 27.7 Å². The number of amides is 1. The monoisotopic (exact) mass is 273 g/mol. The molecule has 0 bridgehead atoms. The van der Waals surface area contributed by atoms with Gasteiger partial charge in [0, 0.05) is 12.2 Å². The number of hydrogen-bond donors (Lipinski definition) is 1. The van der Waals surface area contributed by atoms with E-state index < -0.39 is 0 Å². The molecule has 0 aliphatic heterocycles. The van der Waals surface area contributed by atoms with E-state index in [4.69, 9.17) is 5.26 Å². The molecule has 20 heavy (non-hydrogen) atoms. The van der Waals surface area contributed by atoms with Crippen LogP contribution in [-0.2, 0) is 4.79 Å². The molecule has 4 heteroatoms. The molecule has 0 saturated heterocycles. The van der Waals surface area contributed by atoms with Crippen LogP contribution in [0, 0.1) is 38.0 Å². The average Bonchev–Trinajstić information content (AvgIpc) is 2.33. The lowest BCUT2D eigenvalue weighted by atomic mass is 10.1. The number of likely N-dealkylation sites (N-methyl/N-ethyl adjacent to an activating group) is 1. The van der Waals surface area contributed by atoms with Crippen molar-refractivity contribution < 1.29 is 4.79 Å². The number of carbonyl (C=O) groups is 1. The van der Waals surface area contributed by atoms with Gasteiger partial charge in [-0.1, -0.05) is 17.7 Å². The molecule has 108 valence electrons. The molecule has 0 spiro atoms. The Bertz CT molecular complexity index is 508. The molecule has 4 nitrogen and oxygen atoms in total. The first kappa shape index (κ1) is 16.2. The van der Waals surface area contributed by atoms with Crippen molar-refractivity contribution in [1.29, 1.82) is 5.26 Å². The second-order valence-electron chi connectivity index (χ2n) is 5.55. The smallest absolute Gasteiger partial charge is 0.238 e. The molecule has 1 amide bonds. The van der Waals surface area contributed by atoms with Crippen molar-refractivity contribution in [2.24, 2.45) is 5.92 Å². The van der Waals surface area contributed by atoms with Gasteiger partial charge in [0.2, 0.25) is 5.91 Å². The largest absolute Gasteiger partial charge is 0.324 e. The van der Waals surface area contributed by atoms with E-state index in [1.165, 1.54) is 5.56 Å². The third-order valence-electron chi connectivity index (χ3n) is 3.16. The maximum Gasteiger partial charge on any atom is 0.238 e. The van der Waals surface area contributed by atoms with Crippen molar-refractivity contribution in [3.8, 4) is 6.07 Å². The molecular weight excluding hydrogens is 250 g/mol. The molecule has 0 fully saturated rings. The molecule has 0 aromatic heterocycles. The minimum Gasteiger partial charge on any atom is -0.324 e. The van der Waals surface area contributed by atoms with Crippen LogP contribution in [0.25, 0.3) is 0 Å². The zero-order valence-electron chi connectivity index (χ0n) is 12.9. The molecule has 0 saturated carbocycles. The number of nitriles is 1. The van der Waals surface area contributed by atoms with E-state index in [1.54, 1.807) is 0 Å². The summed E-state index contributed by atoms with van der Waals surface area (Å²) in [6.45, 7) is 8.77. The summed E-state index contributed by atoms with van der Waals surface area (Å²) in [6.07, 6.45) is 0. The maximum atomic E-state index is 12.0. The summed E-state index contributed by atoms with van der Waals surface area (Å²) in [5.74, 6) is -0.122. The first-order valence-corrected chi connectivity index (χ1v) is 6.79. The van der Waals surface area contributed by atoms with Gasteiger partial charge in [0.1, 0.15) is 0 Å². The Hall–Kier alpha value is -1.86. The highest BCUT2D eigenvalue weighted by Gasteiger charge is 2.12. The van der Waals surface area contributed by atoms with Crippen LogP contribution in [0.15, 0.2) is 12.1 Å². The number of aryl methyl sites for hydroxylation is 3. The van der Waals surface area contributed by atoms with Crippen LogP contribution in [0.4, 0.5) is 5.69 Å². The Labute approximate surface area is 121 Å². The van der Waals surface area contributed by atoms with Gasteiger partial charge < -0.3 is 5.32 Å². The first-order valence-electron chi connectivity index (χ1n) is 6.79. The molecular formula is C16H23N3O. The normalized spacial score (nSPS) is 12.1. The second-order valence-corrected chi connectivity index (χ2v) is 5.55. The SMILES string of the molecule is Cc1cc(C)c(NC(=O)CN(C)C[C@H](C)C#N)c(C)c1. The van der Waals surface area contributed by atoms with E-state index in [0.29, 0.717) is 13.1 Å². The van der Waals surface area contributed by atoms with Crippen molar-refractivity contribution in [1.82, 2.24) is 4.90 Å². The zero-order chi connectivity index (χ0) is 15.3. The molecule has 0 heterocycles. The molecule has 1 rings (SSSR count). The van der Waals surface area contributed by atoms with E-state index in [-0.39, 0.29) is 11.8 Å². The molecule has 1 aromatic rings. The van der Waals surface area contributed by atoms with Crippen LogP contribution in [0.2, 0.25) is 0 Å². The van der Waals surface area contributed by atoms with Crippen molar-refractivity contribution in [2.75, 3.05) is 25.5 Å². The van der Waals surface area contributed by atoms with Crippen molar-refractivity contribution in [3.05, 3.63) is 28.8 Å². The third kappa shape index (κ3) is 4.67. The van der Waals surface area contributed by atoms with Gasteiger partial charge >= 0.3 is 0 Å². The minimum atomic E-state index is -0.0735. The topological polar surface area (TPSA) is 56.1 Å². The molecule has 1 aromatic carbocycles. The Morgan fingerprint density at radius 2 is 1.90 bits per heavy atom. The summed E-state index contributed by atoms with van der Waals surface area (Å²) in [4.78, 5) is 13.9. The Kier molecular flexibility index (Phi) is 5.72. The van der Waals surface area contributed by atoms with Gasteiger partial charge in [-0.15, -0.1) is 0 Å². The molecule has 1 atom stereocenters. The molecule has 0 radical (unpaired) electrons. The molecule has 1 N–H and O–H groups in total. The van der Waals surface area contributed by atoms with E-state index in [0.717, 1.165) is 16.8 Å². The first-order chi connectivity index (χ1) is 9.33. The van der Waals surface area contributed by atoms with E-state index in [9.17, 15) is 4.79 Å². The van der Waals surface area contributed by atoms with Crippen LogP contribution in [0.5, 0.6) is 0 Å². The predicted molar refractivity (Wildman–Crippen MR) is 81.6 cm³/mol. The van der Waals surface area contributed by atoms with Gasteiger partial charge in [-0.25, -0.2) is 0 Å². The number of anilines is 1. The standard InChI is InChI=1S/C16H23N3O/c1-11-6-13(3)16(14(4)7-11)18-15(20)10-19(5)9-12(2)8-17/h6-7,12H,9-10H2,1-5H3,(H,18,20)/t12-/m1/s1. The van der Waals surface area contributed by atoms with Gasteiger partial charge in [-0.05, 0) is 45.9 Å². The summed E-state index contributed by atoms with van der Waals surface area (Å²) in [5, 5.41) is 11.7. The van der Waals surface area contributed by atoms with Crippen molar-refractivity contribution >= 4 is 11.6 Å². The summed E-state index contributed by atoms with van der Waals surface area (Å²) in [7, 11) is 1.85. The van der Waals surface area contributed by atoms with Crippen molar-refractivity contribution in [3.63, 3.8) is 0 Å². The van der Waals surface area contributed by atoms with E-state index >= 15 is 0 Å². The number of carbonyl (C=O) groups excluding carboxylic acids is 1. The fraction of sp³-hybridized carbons (Fsp3) is 0.500. The Morgan fingerprint density at radius 3 is 2.40 bits per heavy atom. The Balaban J connectivity index is 2.66. The number of rotatable bonds is 5. The number of benzene rings is 1. The Morgan fingerprint density at radius 1 is 1.35 bits per heavy atom. The van der Waals surface area contributed by atoms with Gasteiger partial charge in [0.25, 0.3) is 0 Å². The highest BCUT2D eigenvalue weighted by atomic mass is 16.2. The number of hydrogen-bond acceptors (Lipinski definition) is 3. The summed E-state index contributed by atoms with van der Waals surface area (Å²) >= 11 is 0. The van der Waals surface area contributed by atoms with Gasteiger partial charge in [-0.3, -0.25) is 9.69 Å². The third-order valence-corrected chi connectivity index (χ3v) is 3.16. The van der Waals surface area contributed by atoms with Gasteiger partial charge in [0.05, 0.1) is 18.5 Å². The fourth-order valence-corrected chi connectivity index (χ4v) is 2.37. The second kappa shape index (κ2) is 7.06. The summed E-state index contributed by atoms with van der Waals surface area (Å²) in [6, 6.07) is 6.29. The molecule has 0 aliphatic carbocycles. The fourth-order valence-electron chi connectivity index (χ4n) is 2.37. The zero-order valence-corrected chi connectivity index (χ0v) is 12.9. The van der Waals surface area contributed by atoms with Gasteiger partial charge in [0.15, 0.2) is 0 Å². The van der Waals surface area contributed by atoms with Crippen LogP contribution >= 0.6 is 0 Å². The number of nitrogens with zero attached hydrogens (tertiary/aromatic N) is 2. The summed E-state index contributed by atoms with van der Waals surface area (Å²) in [5.41, 5.74) is 4.23. The quantitative estimate of drug-likeness (QED) is 0.897. The van der Waals surface area contributed by atoms with Gasteiger partial charge in [-0.2, -0.15) is 5.26 Å². The minimum absolute atomic E-state index is 0.0484. The number of nitrogens with one attached hydrogen (secondary N) is 1. The van der Waals surface area contributed by atoms with Crippen LogP contribution in [0.1, 0.15) is 23.6 Å².